The Hall–Kier alpha value is -1.15. The Morgan fingerprint density at radius 2 is 2.00 bits per heavy atom. The quantitative estimate of drug-likeness (QED) is 0.875. The van der Waals surface area contributed by atoms with Gasteiger partial charge in [0.05, 0.1) is 0 Å². The molecule has 1 fully saturated rings. The molecular weight excluding hydrogens is 287 g/mol. The lowest BCUT2D eigenvalue weighted by molar-refractivity contribution is -0.177. The zero-order chi connectivity index (χ0) is 15.3. The molecule has 0 bridgehead atoms. The molecule has 1 saturated carbocycles. The summed E-state index contributed by atoms with van der Waals surface area (Å²) in [7, 11) is 1.91. The fraction of sp³-hybridized carbons (Fsp3) is 0.846. The number of halogens is 3. The van der Waals surface area contributed by atoms with E-state index < -0.39 is 12.8 Å². The minimum atomic E-state index is -4.34. The first-order chi connectivity index (χ1) is 9.92. The van der Waals surface area contributed by atoms with Crippen molar-refractivity contribution >= 4 is 0 Å². The Bertz CT molecular complexity index is 442. The molecule has 120 valence electrons. The molecule has 0 aromatic carbocycles. The number of nitrogens with zero attached hydrogens (tertiary/aromatic N) is 2. The van der Waals surface area contributed by atoms with Crippen LogP contribution in [0.5, 0.6) is 0 Å². The molecule has 1 heterocycles. The molecule has 1 aromatic rings. The maximum absolute atomic E-state index is 12.0. The van der Waals surface area contributed by atoms with Gasteiger partial charge in [-0.3, -0.25) is 0 Å². The second kappa shape index (κ2) is 6.74. The Morgan fingerprint density at radius 3 is 2.62 bits per heavy atom. The van der Waals surface area contributed by atoms with Gasteiger partial charge in [0.15, 0.2) is 5.82 Å². The Balaban J connectivity index is 1.87. The summed E-state index contributed by atoms with van der Waals surface area (Å²) in [5.41, 5.74) is -0.0467. The van der Waals surface area contributed by atoms with Crippen LogP contribution >= 0.6 is 0 Å². The van der Waals surface area contributed by atoms with Crippen molar-refractivity contribution in [3.05, 3.63) is 11.7 Å². The zero-order valence-corrected chi connectivity index (χ0v) is 12.0. The van der Waals surface area contributed by atoms with Crippen molar-refractivity contribution in [2.75, 3.05) is 13.7 Å². The van der Waals surface area contributed by atoms with Gasteiger partial charge in [-0.15, -0.1) is 0 Å². The van der Waals surface area contributed by atoms with Gasteiger partial charge >= 0.3 is 6.18 Å². The molecule has 1 aromatic heterocycles. The largest absolute Gasteiger partial charge is 0.411 e. The van der Waals surface area contributed by atoms with E-state index in [4.69, 9.17) is 4.52 Å². The number of aromatic nitrogens is 2. The summed E-state index contributed by atoms with van der Waals surface area (Å²) in [5.74, 6) is 0.591. The summed E-state index contributed by atoms with van der Waals surface area (Å²) in [6, 6.07) is 0. The van der Waals surface area contributed by atoms with Gasteiger partial charge in [-0.1, -0.05) is 24.4 Å². The number of rotatable bonds is 6. The average molecular weight is 307 g/mol. The van der Waals surface area contributed by atoms with Crippen molar-refractivity contribution in [3.8, 4) is 0 Å². The highest BCUT2D eigenvalue weighted by atomic mass is 19.4. The van der Waals surface area contributed by atoms with E-state index in [9.17, 15) is 13.2 Å². The highest BCUT2D eigenvalue weighted by molar-refractivity contribution is 4.98. The van der Waals surface area contributed by atoms with Crippen LogP contribution in [0, 0.1) is 0 Å². The van der Waals surface area contributed by atoms with E-state index in [-0.39, 0.29) is 18.0 Å². The molecule has 2 rings (SSSR count). The summed E-state index contributed by atoms with van der Waals surface area (Å²) in [5, 5.41) is 6.99. The average Bonchev–Trinajstić information content (AvgIpc) is 2.86. The molecule has 5 nitrogen and oxygen atoms in total. The SMILES string of the molecule is CNC1(Cc2nc(COCC(F)(F)F)no2)CCCCC1. The molecule has 1 aliphatic rings. The van der Waals surface area contributed by atoms with Crippen molar-refractivity contribution in [1.82, 2.24) is 15.5 Å². The van der Waals surface area contributed by atoms with Gasteiger partial charge in [0.2, 0.25) is 5.89 Å². The standard InChI is InChI=1S/C13H20F3N3O2/c1-17-12(5-3-2-4-6-12)7-11-18-10(19-21-11)8-20-9-13(14,15)16/h17H,2-9H2,1H3. The molecule has 1 aliphatic carbocycles. The van der Waals surface area contributed by atoms with E-state index in [1.807, 2.05) is 7.05 Å². The molecule has 0 saturated heterocycles. The molecule has 0 radical (unpaired) electrons. The van der Waals surface area contributed by atoms with Gasteiger partial charge < -0.3 is 14.6 Å². The Labute approximate surface area is 121 Å². The lowest BCUT2D eigenvalue weighted by atomic mass is 9.79. The van der Waals surface area contributed by atoms with E-state index in [2.05, 4.69) is 20.2 Å². The van der Waals surface area contributed by atoms with Crippen molar-refractivity contribution in [2.45, 2.75) is 56.8 Å². The van der Waals surface area contributed by atoms with E-state index in [0.29, 0.717) is 12.3 Å². The van der Waals surface area contributed by atoms with Gasteiger partial charge in [-0.05, 0) is 19.9 Å². The van der Waals surface area contributed by atoms with Crippen molar-refractivity contribution in [2.24, 2.45) is 0 Å². The van der Waals surface area contributed by atoms with Crippen LogP contribution in [0.3, 0.4) is 0 Å². The number of alkyl halides is 3. The normalized spacial score (nSPS) is 18.9. The van der Waals surface area contributed by atoms with Gasteiger partial charge in [0.1, 0.15) is 13.2 Å². The third-order valence-corrected chi connectivity index (χ3v) is 3.84. The minimum Gasteiger partial charge on any atom is -0.364 e. The third kappa shape index (κ3) is 4.96. The molecule has 0 amide bonds. The molecule has 0 unspecified atom stereocenters. The van der Waals surface area contributed by atoms with Crippen LogP contribution in [-0.4, -0.2) is 35.5 Å². The predicted octanol–water partition coefficient (Wildman–Crippen LogP) is 2.61. The zero-order valence-electron chi connectivity index (χ0n) is 12.0. The maximum Gasteiger partial charge on any atom is 0.411 e. The highest BCUT2D eigenvalue weighted by Crippen LogP contribution is 2.30. The molecule has 0 spiro atoms. The number of hydrogen-bond acceptors (Lipinski definition) is 5. The van der Waals surface area contributed by atoms with E-state index in [0.717, 1.165) is 25.7 Å². The number of hydrogen-bond donors (Lipinski definition) is 1. The van der Waals surface area contributed by atoms with Crippen LogP contribution in [0.15, 0.2) is 4.52 Å². The first-order valence-electron chi connectivity index (χ1n) is 7.07. The third-order valence-electron chi connectivity index (χ3n) is 3.84. The smallest absolute Gasteiger partial charge is 0.364 e. The summed E-state index contributed by atoms with van der Waals surface area (Å²) in [4.78, 5) is 4.11. The summed E-state index contributed by atoms with van der Waals surface area (Å²) in [6.07, 6.45) is 1.84. The summed E-state index contributed by atoms with van der Waals surface area (Å²) in [6.45, 7) is -1.60. The van der Waals surface area contributed by atoms with Crippen LogP contribution in [0.2, 0.25) is 0 Å². The number of likely N-dealkylation sites (N-methyl/N-ethyl adjacent to an activating group) is 1. The molecular formula is C13H20F3N3O2. The first kappa shape index (κ1) is 16.2. The second-order valence-electron chi connectivity index (χ2n) is 5.48. The van der Waals surface area contributed by atoms with Crippen molar-refractivity contribution in [3.63, 3.8) is 0 Å². The fourth-order valence-electron chi connectivity index (χ4n) is 2.71. The van der Waals surface area contributed by atoms with Crippen molar-refractivity contribution in [1.29, 1.82) is 0 Å². The van der Waals surface area contributed by atoms with E-state index in [1.165, 1.54) is 6.42 Å². The molecule has 1 N–H and O–H groups in total. The van der Waals surface area contributed by atoms with Gasteiger partial charge in [-0.2, -0.15) is 18.2 Å². The van der Waals surface area contributed by atoms with Gasteiger partial charge in [0.25, 0.3) is 0 Å². The van der Waals surface area contributed by atoms with E-state index in [1.54, 1.807) is 0 Å². The number of ether oxygens (including phenoxy) is 1. The lowest BCUT2D eigenvalue weighted by Crippen LogP contribution is -2.46. The number of nitrogens with one attached hydrogen (secondary N) is 1. The summed E-state index contributed by atoms with van der Waals surface area (Å²) >= 11 is 0. The monoisotopic (exact) mass is 307 g/mol. The lowest BCUT2D eigenvalue weighted by Gasteiger charge is -2.36. The van der Waals surface area contributed by atoms with Gasteiger partial charge in [0, 0.05) is 12.0 Å². The molecule has 0 aliphatic heterocycles. The topological polar surface area (TPSA) is 60.2 Å². The maximum atomic E-state index is 12.0. The van der Waals surface area contributed by atoms with Gasteiger partial charge in [-0.25, -0.2) is 0 Å². The fourth-order valence-corrected chi connectivity index (χ4v) is 2.71. The Kier molecular flexibility index (Phi) is 5.21. The molecule has 8 heteroatoms. The van der Waals surface area contributed by atoms with Crippen molar-refractivity contribution < 1.29 is 22.4 Å². The summed E-state index contributed by atoms with van der Waals surface area (Å²) < 4.78 is 45.5. The first-order valence-corrected chi connectivity index (χ1v) is 7.07. The van der Waals surface area contributed by atoms with E-state index >= 15 is 0 Å². The van der Waals surface area contributed by atoms with Crippen LogP contribution in [0.25, 0.3) is 0 Å². The van der Waals surface area contributed by atoms with Crippen LogP contribution in [0.1, 0.15) is 43.8 Å². The second-order valence-corrected chi connectivity index (χ2v) is 5.48. The van der Waals surface area contributed by atoms with Crippen LogP contribution in [0.4, 0.5) is 13.2 Å². The van der Waals surface area contributed by atoms with Crippen LogP contribution < -0.4 is 5.32 Å². The minimum absolute atomic E-state index is 0.0467. The predicted molar refractivity (Wildman–Crippen MR) is 68.6 cm³/mol. The highest BCUT2D eigenvalue weighted by Gasteiger charge is 2.32. The molecule has 0 atom stereocenters. The Morgan fingerprint density at radius 1 is 1.29 bits per heavy atom. The molecule has 21 heavy (non-hydrogen) atoms. The van der Waals surface area contributed by atoms with Crippen LogP contribution in [-0.2, 0) is 17.8 Å².